The molecule has 70 valence electrons. The smallest absolute Gasteiger partial charge is 0.219 e. The quantitative estimate of drug-likeness (QED) is 0.577. The minimum atomic E-state index is 0.208. The summed E-state index contributed by atoms with van der Waals surface area (Å²) in [6, 6.07) is 0. The predicted octanol–water partition coefficient (Wildman–Crippen LogP) is 0.607. The number of nitrogens with one attached hydrogen (secondary N) is 1. The number of carbonyl (C=O) groups is 1. The lowest BCUT2D eigenvalue weighted by molar-refractivity contribution is -0.140. The second-order valence-corrected chi connectivity index (χ2v) is 3.33. The van der Waals surface area contributed by atoms with Gasteiger partial charge in [0.2, 0.25) is 5.91 Å². The minimum absolute atomic E-state index is 0.208. The van der Waals surface area contributed by atoms with Crippen molar-refractivity contribution in [3.05, 3.63) is 0 Å². The maximum atomic E-state index is 10.8. The number of rotatable bonds is 0. The van der Waals surface area contributed by atoms with Gasteiger partial charge in [-0.05, 0) is 13.0 Å². The van der Waals surface area contributed by atoms with Crippen LogP contribution in [0.4, 0.5) is 0 Å². The summed E-state index contributed by atoms with van der Waals surface area (Å²) >= 11 is 0. The Labute approximate surface area is 74.1 Å². The van der Waals surface area contributed by atoms with Crippen molar-refractivity contribution in [2.75, 3.05) is 19.6 Å². The van der Waals surface area contributed by atoms with Crippen LogP contribution in [0.15, 0.2) is 0 Å². The first-order chi connectivity index (χ1) is 5.72. The molecule has 2 heterocycles. The Morgan fingerprint density at radius 1 is 1.42 bits per heavy atom. The van der Waals surface area contributed by atoms with Gasteiger partial charge < -0.3 is 10.2 Å². The molecule has 1 spiro atoms. The average Bonchev–Trinajstić information content (AvgIpc) is 1.85. The van der Waals surface area contributed by atoms with Gasteiger partial charge >= 0.3 is 0 Å². The van der Waals surface area contributed by atoms with E-state index in [1.807, 2.05) is 18.7 Å². The third-order valence-electron chi connectivity index (χ3n) is 2.54. The van der Waals surface area contributed by atoms with Crippen molar-refractivity contribution >= 4 is 5.91 Å². The molecule has 0 aliphatic carbocycles. The lowest BCUT2D eigenvalue weighted by Gasteiger charge is -2.56. The minimum Gasteiger partial charge on any atom is -0.339 e. The van der Waals surface area contributed by atoms with Crippen molar-refractivity contribution in [2.24, 2.45) is 0 Å². The summed E-state index contributed by atoms with van der Waals surface area (Å²) in [7, 11) is 0. The lowest BCUT2D eigenvalue weighted by atomic mass is 9.80. The van der Waals surface area contributed by atoms with E-state index in [2.05, 4.69) is 5.32 Å². The van der Waals surface area contributed by atoms with E-state index in [1.54, 1.807) is 6.92 Å². The number of amides is 1. The Morgan fingerprint density at radius 2 is 1.92 bits per heavy atom. The zero-order valence-corrected chi connectivity index (χ0v) is 8.18. The molecule has 12 heavy (non-hydrogen) atoms. The van der Waals surface area contributed by atoms with E-state index < -0.39 is 0 Å². The summed E-state index contributed by atoms with van der Waals surface area (Å²) in [6.45, 7) is 8.63. The lowest BCUT2D eigenvalue weighted by Crippen LogP contribution is -2.76. The van der Waals surface area contributed by atoms with Crippen LogP contribution in [0, 0.1) is 0 Å². The first-order valence-corrected chi connectivity index (χ1v) is 4.72. The molecule has 0 bridgehead atoms. The van der Waals surface area contributed by atoms with Crippen LogP contribution in [0.25, 0.3) is 0 Å². The highest BCUT2D eigenvalue weighted by molar-refractivity contribution is 5.74. The van der Waals surface area contributed by atoms with Gasteiger partial charge in [0.25, 0.3) is 0 Å². The molecule has 2 fully saturated rings. The second-order valence-electron chi connectivity index (χ2n) is 3.33. The normalized spacial score (nSPS) is 23.4. The molecule has 2 saturated heterocycles. The predicted molar refractivity (Wildman–Crippen MR) is 49.0 cm³/mol. The van der Waals surface area contributed by atoms with Crippen LogP contribution in [0.1, 0.15) is 27.2 Å². The van der Waals surface area contributed by atoms with Crippen LogP contribution in [-0.2, 0) is 4.79 Å². The van der Waals surface area contributed by atoms with Crippen molar-refractivity contribution in [1.82, 2.24) is 10.2 Å². The van der Waals surface area contributed by atoms with Crippen LogP contribution >= 0.6 is 0 Å². The van der Waals surface area contributed by atoms with Gasteiger partial charge in [-0.25, -0.2) is 0 Å². The van der Waals surface area contributed by atoms with E-state index in [4.69, 9.17) is 0 Å². The number of likely N-dealkylation sites (tertiary alicyclic amines) is 1. The molecule has 2 aliphatic heterocycles. The molecule has 0 radical (unpaired) electrons. The molecular weight excluding hydrogens is 152 g/mol. The Bertz CT molecular complexity index is 167. The van der Waals surface area contributed by atoms with Crippen LogP contribution in [-0.4, -0.2) is 36.0 Å². The van der Waals surface area contributed by atoms with Gasteiger partial charge in [0.15, 0.2) is 0 Å². The van der Waals surface area contributed by atoms with Crippen molar-refractivity contribution < 1.29 is 4.79 Å². The van der Waals surface area contributed by atoms with Crippen LogP contribution < -0.4 is 5.32 Å². The first-order valence-electron chi connectivity index (χ1n) is 4.72. The third kappa shape index (κ3) is 1.46. The van der Waals surface area contributed by atoms with Gasteiger partial charge in [-0.15, -0.1) is 0 Å². The Hall–Kier alpha value is -0.570. The van der Waals surface area contributed by atoms with Crippen LogP contribution in [0.5, 0.6) is 0 Å². The van der Waals surface area contributed by atoms with E-state index in [-0.39, 0.29) is 5.91 Å². The number of carbonyl (C=O) groups excluding carboxylic acids is 1. The molecule has 1 N–H and O–H groups in total. The van der Waals surface area contributed by atoms with Gasteiger partial charge in [0.1, 0.15) is 0 Å². The number of nitrogens with zero attached hydrogens (tertiary/aromatic N) is 1. The number of hydrogen-bond acceptors (Lipinski definition) is 2. The van der Waals surface area contributed by atoms with Crippen LogP contribution in [0.3, 0.4) is 0 Å². The number of hydrogen-bond donors (Lipinski definition) is 1. The van der Waals surface area contributed by atoms with Crippen molar-refractivity contribution in [3.63, 3.8) is 0 Å². The Balaban J connectivity index is 0.000000336. The van der Waals surface area contributed by atoms with Crippen molar-refractivity contribution in [2.45, 2.75) is 32.7 Å². The average molecular weight is 170 g/mol. The maximum absolute atomic E-state index is 10.8. The molecule has 0 aromatic carbocycles. The summed E-state index contributed by atoms with van der Waals surface area (Å²) in [5, 5.41) is 3.35. The van der Waals surface area contributed by atoms with Gasteiger partial charge in [-0.2, -0.15) is 0 Å². The highest BCUT2D eigenvalue weighted by Crippen LogP contribution is 2.29. The second kappa shape index (κ2) is 3.44. The summed E-state index contributed by atoms with van der Waals surface area (Å²) in [4.78, 5) is 12.6. The summed E-state index contributed by atoms with van der Waals surface area (Å²) in [5.74, 6) is 0.208. The molecule has 0 aromatic heterocycles. The molecule has 0 unspecified atom stereocenters. The molecule has 2 rings (SSSR count). The van der Waals surface area contributed by atoms with Gasteiger partial charge in [-0.3, -0.25) is 4.79 Å². The molecule has 3 nitrogen and oxygen atoms in total. The zero-order valence-electron chi connectivity index (χ0n) is 8.18. The molecule has 0 atom stereocenters. The molecule has 1 amide bonds. The van der Waals surface area contributed by atoms with Gasteiger partial charge in [-0.1, -0.05) is 13.8 Å². The summed E-state index contributed by atoms with van der Waals surface area (Å²) in [6.07, 6.45) is 1.25. The van der Waals surface area contributed by atoms with E-state index >= 15 is 0 Å². The Morgan fingerprint density at radius 3 is 2.17 bits per heavy atom. The third-order valence-corrected chi connectivity index (χ3v) is 2.54. The van der Waals surface area contributed by atoms with E-state index in [0.717, 1.165) is 19.6 Å². The highest BCUT2D eigenvalue weighted by atomic mass is 16.2. The monoisotopic (exact) mass is 170 g/mol. The summed E-state index contributed by atoms with van der Waals surface area (Å²) < 4.78 is 0. The zero-order chi connectivity index (χ0) is 9.19. The maximum Gasteiger partial charge on any atom is 0.219 e. The summed E-state index contributed by atoms with van der Waals surface area (Å²) in [5.41, 5.74) is 0.353. The fourth-order valence-corrected chi connectivity index (χ4v) is 1.66. The fourth-order valence-electron chi connectivity index (χ4n) is 1.66. The van der Waals surface area contributed by atoms with E-state index in [1.165, 1.54) is 6.42 Å². The molecule has 3 heteroatoms. The molecule has 2 aliphatic rings. The van der Waals surface area contributed by atoms with Gasteiger partial charge in [0.05, 0.1) is 5.54 Å². The largest absolute Gasteiger partial charge is 0.339 e. The van der Waals surface area contributed by atoms with Crippen molar-refractivity contribution in [1.29, 1.82) is 0 Å². The molecule has 0 aromatic rings. The fraction of sp³-hybridized carbons (Fsp3) is 0.889. The first kappa shape index (κ1) is 9.52. The SMILES string of the molecule is CC.CC(=O)N1CC2(CCN2)C1. The highest BCUT2D eigenvalue weighted by Gasteiger charge is 2.47. The molecule has 0 saturated carbocycles. The van der Waals surface area contributed by atoms with Gasteiger partial charge in [0, 0.05) is 20.0 Å². The van der Waals surface area contributed by atoms with E-state index in [0.29, 0.717) is 5.54 Å². The Kier molecular flexibility index (Phi) is 2.73. The standard InChI is InChI=1S/C7H12N2O.C2H6/c1-6(10)9-4-7(5-9)2-3-8-7;1-2/h8H,2-5H2,1H3;1-2H3. The molecular formula is C9H18N2O. The van der Waals surface area contributed by atoms with E-state index in [9.17, 15) is 4.79 Å². The van der Waals surface area contributed by atoms with Crippen LogP contribution in [0.2, 0.25) is 0 Å². The topological polar surface area (TPSA) is 32.3 Å². The van der Waals surface area contributed by atoms with Crippen molar-refractivity contribution in [3.8, 4) is 0 Å².